The van der Waals surface area contributed by atoms with Crippen LogP contribution in [-0.4, -0.2) is 57.5 Å². The molecule has 2 aromatic carbocycles. The van der Waals surface area contributed by atoms with Crippen LogP contribution in [0.25, 0.3) is 5.69 Å². The van der Waals surface area contributed by atoms with Gasteiger partial charge in [-0.3, -0.25) is 24.4 Å². The van der Waals surface area contributed by atoms with E-state index < -0.39 is 4.92 Å². The van der Waals surface area contributed by atoms with E-state index in [0.29, 0.717) is 30.9 Å². The maximum absolute atomic E-state index is 13.3. The number of aromatic nitrogens is 2. The van der Waals surface area contributed by atoms with Crippen molar-refractivity contribution < 1.29 is 9.72 Å². The highest BCUT2D eigenvalue weighted by Gasteiger charge is 2.29. The average molecular weight is 519 g/mol. The minimum Gasteiger partial charge on any atom is -0.370 e. The maximum atomic E-state index is 13.3. The zero-order chi connectivity index (χ0) is 27.4. The molecule has 10 nitrogen and oxygen atoms in total. The number of hydrogen-bond acceptors (Lipinski definition) is 6. The Morgan fingerprint density at radius 1 is 1.18 bits per heavy atom. The number of carbonyl (C=O) groups excluding carboxylic acids is 1. The summed E-state index contributed by atoms with van der Waals surface area (Å²) in [4.78, 5) is 45.9. The van der Waals surface area contributed by atoms with Crippen molar-refractivity contribution in [3.63, 3.8) is 0 Å². The molecule has 1 aliphatic rings. The van der Waals surface area contributed by atoms with Crippen LogP contribution in [0.15, 0.2) is 58.3 Å². The predicted molar refractivity (Wildman–Crippen MR) is 149 cm³/mol. The van der Waals surface area contributed by atoms with Crippen LogP contribution in [0.4, 0.5) is 17.1 Å². The van der Waals surface area contributed by atoms with E-state index in [4.69, 9.17) is 0 Å². The van der Waals surface area contributed by atoms with Gasteiger partial charge in [-0.05, 0) is 51.8 Å². The minimum atomic E-state index is -0.444. The molecule has 0 saturated carbocycles. The first kappa shape index (κ1) is 26.8. The van der Waals surface area contributed by atoms with Gasteiger partial charge in [0.25, 0.3) is 11.2 Å². The molecule has 1 fully saturated rings. The van der Waals surface area contributed by atoms with E-state index in [1.807, 2.05) is 56.0 Å². The smallest absolute Gasteiger partial charge is 0.297 e. The van der Waals surface area contributed by atoms with Crippen molar-refractivity contribution in [3.8, 4) is 5.69 Å². The third kappa shape index (κ3) is 5.25. The van der Waals surface area contributed by atoms with Crippen LogP contribution >= 0.6 is 0 Å². The first-order chi connectivity index (χ1) is 18.3. The standard InChI is InChI=1S/C28H34N6O4/c1-5-31(6-2)27(35)21-11-10-16-32(19-21)25-15-14-24(34(37)38)17-22(25)18-29-26-20(3)30(4)33(28(26)36)23-12-8-7-9-13-23/h7-9,12-15,17-18,21H,5-6,10-11,16,19H2,1-4H3. The second-order valence-corrected chi connectivity index (χ2v) is 9.46. The van der Waals surface area contributed by atoms with Gasteiger partial charge in [0.2, 0.25) is 5.91 Å². The van der Waals surface area contributed by atoms with E-state index in [9.17, 15) is 19.7 Å². The molecule has 10 heteroatoms. The number of piperidine rings is 1. The molecule has 0 spiro atoms. The van der Waals surface area contributed by atoms with E-state index in [1.165, 1.54) is 18.3 Å². The predicted octanol–water partition coefficient (Wildman–Crippen LogP) is 4.23. The SMILES string of the molecule is CCN(CC)C(=O)C1CCCN(c2ccc([N+](=O)[O-])cc2C=Nc2c(C)n(C)n(-c3ccccc3)c2=O)C1. The van der Waals surface area contributed by atoms with Crippen molar-refractivity contribution in [3.05, 3.63) is 80.3 Å². The van der Waals surface area contributed by atoms with Gasteiger partial charge in [0.1, 0.15) is 0 Å². The fraction of sp³-hybridized carbons (Fsp3) is 0.393. The molecule has 200 valence electrons. The van der Waals surface area contributed by atoms with Gasteiger partial charge in [0.05, 0.1) is 22.2 Å². The molecule has 38 heavy (non-hydrogen) atoms. The Morgan fingerprint density at radius 3 is 2.55 bits per heavy atom. The lowest BCUT2D eigenvalue weighted by Gasteiger charge is -2.36. The van der Waals surface area contributed by atoms with E-state index in [1.54, 1.807) is 22.5 Å². The summed E-state index contributed by atoms with van der Waals surface area (Å²) in [6, 6.07) is 14.0. The number of carbonyl (C=O) groups is 1. The van der Waals surface area contributed by atoms with Crippen LogP contribution in [0, 0.1) is 23.0 Å². The van der Waals surface area contributed by atoms with Gasteiger partial charge in [-0.2, -0.15) is 0 Å². The van der Waals surface area contributed by atoms with Crippen molar-refractivity contribution in [1.82, 2.24) is 14.3 Å². The van der Waals surface area contributed by atoms with Crippen LogP contribution in [0.5, 0.6) is 0 Å². The molecule has 1 aromatic heterocycles. The number of rotatable bonds is 8. The van der Waals surface area contributed by atoms with Gasteiger partial charge in [0, 0.05) is 62.8 Å². The molecule has 0 aliphatic carbocycles. The lowest BCUT2D eigenvalue weighted by molar-refractivity contribution is -0.384. The number of benzene rings is 2. The van der Waals surface area contributed by atoms with Gasteiger partial charge in [-0.1, -0.05) is 18.2 Å². The molecule has 1 aliphatic heterocycles. The van der Waals surface area contributed by atoms with Crippen molar-refractivity contribution in [2.24, 2.45) is 18.0 Å². The average Bonchev–Trinajstić information content (AvgIpc) is 3.15. The number of anilines is 1. The number of amides is 1. The first-order valence-electron chi connectivity index (χ1n) is 13.0. The third-order valence-corrected chi connectivity index (χ3v) is 7.26. The lowest BCUT2D eigenvalue weighted by atomic mass is 9.95. The molecule has 4 rings (SSSR count). The summed E-state index contributed by atoms with van der Waals surface area (Å²) in [5.74, 6) is -0.00345. The molecule has 1 unspecified atom stereocenters. The van der Waals surface area contributed by atoms with Crippen LogP contribution < -0.4 is 10.5 Å². The van der Waals surface area contributed by atoms with Crippen molar-refractivity contribution >= 4 is 29.2 Å². The summed E-state index contributed by atoms with van der Waals surface area (Å²) in [5, 5.41) is 11.6. The Labute approximate surface area is 221 Å². The quantitative estimate of drug-likeness (QED) is 0.252. The normalized spacial score (nSPS) is 15.7. The zero-order valence-corrected chi connectivity index (χ0v) is 22.3. The summed E-state index contributed by atoms with van der Waals surface area (Å²) in [6.07, 6.45) is 3.17. The highest BCUT2D eigenvalue weighted by atomic mass is 16.6. The zero-order valence-electron chi connectivity index (χ0n) is 22.3. The van der Waals surface area contributed by atoms with E-state index in [-0.39, 0.29) is 28.8 Å². The number of aliphatic imine (C=N–C) groups is 1. The van der Waals surface area contributed by atoms with Gasteiger partial charge < -0.3 is 9.80 Å². The number of nitro groups is 1. The van der Waals surface area contributed by atoms with Crippen LogP contribution in [-0.2, 0) is 11.8 Å². The number of para-hydroxylation sites is 1. The molecule has 0 N–H and O–H groups in total. The molecule has 0 radical (unpaired) electrons. The van der Waals surface area contributed by atoms with Crippen LogP contribution in [0.1, 0.15) is 37.9 Å². The van der Waals surface area contributed by atoms with Crippen molar-refractivity contribution in [2.45, 2.75) is 33.6 Å². The highest BCUT2D eigenvalue weighted by Crippen LogP contribution is 2.30. The Morgan fingerprint density at radius 2 is 1.89 bits per heavy atom. The molecule has 1 amide bonds. The summed E-state index contributed by atoms with van der Waals surface area (Å²) >= 11 is 0. The van der Waals surface area contributed by atoms with Gasteiger partial charge in [0.15, 0.2) is 5.69 Å². The molecular weight excluding hydrogens is 484 g/mol. The van der Waals surface area contributed by atoms with E-state index in [2.05, 4.69) is 9.89 Å². The second-order valence-electron chi connectivity index (χ2n) is 9.46. The van der Waals surface area contributed by atoms with Crippen molar-refractivity contribution in [2.75, 3.05) is 31.1 Å². The van der Waals surface area contributed by atoms with Crippen molar-refractivity contribution in [1.29, 1.82) is 0 Å². The fourth-order valence-electron chi connectivity index (χ4n) is 5.07. The largest absolute Gasteiger partial charge is 0.370 e. The first-order valence-corrected chi connectivity index (χ1v) is 13.0. The summed E-state index contributed by atoms with van der Waals surface area (Å²) in [6.45, 7) is 8.35. The fourth-order valence-corrected chi connectivity index (χ4v) is 5.07. The Kier molecular flexibility index (Phi) is 8.09. The molecule has 2 heterocycles. The van der Waals surface area contributed by atoms with E-state index in [0.717, 1.165) is 30.8 Å². The Balaban J connectivity index is 1.71. The maximum Gasteiger partial charge on any atom is 0.297 e. The topological polar surface area (TPSA) is 106 Å². The number of nitro benzene ring substituents is 1. The number of nitrogens with zero attached hydrogens (tertiary/aromatic N) is 6. The van der Waals surface area contributed by atoms with Crippen LogP contribution in [0.2, 0.25) is 0 Å². The number of hydrogen-bond donors (Lipinski definition) is 0. The molecule has 3 aromatic rings. The third-order valence-electron chi connectivity index (χ3n) is 7.26. The van der Waals surface area contributed by atoms with Gasteiger partial charge in [-0.15, -0.1) is 0 Å². The molecule has 1 saturated heterocycles. The molecule has 0 bridgehead atoms. The Bertz CT molecular complexity index is 1400. The molecule has 1 atom stereocenters. The summed E-state index contributed by atoms with van der Waals surface area (Å²) in [5.41, 5.74) is 2.61. The van der Waals surface area contributed by atoms with Gasteiger partial charge >= 0.3 is 0 Å². The van der Waals surface area contributed by atoms with E-state index >= 15 is 0 Å². The Hall–Kier alpha value is -4.21. The highest BCUT2D eigenvalue weighted by molar-refractivity contribution is 5.91. The minimum absolute atomic E-state index is 0.0607. The lowest BCUT2D eigenvalue weighted by Crippen LogP contribution is -2.45. The monoisotopic (exact) mass is 518 g/mol. The number of non-ortho nitro benzene ring substituents is 1. The van der Waals surface area contributed by atoms with Crippen LogP contribution in [0.3, 0.4) is 0 Å². The molecular formula is C28H34N6O4. The summed E-state index contributed by atoms with van der Waals surface area (Å²) < 4.78 is 3.29. The second kappa shape index (κ2) is 11.5. The van der Waals surface area contributed by atoms with Gasteiger partial charge in [-0.25, -0.2) is 9.67 Å². The summed E-state index contributed by atoms with van der Waals surface area (Å²) in [7, 11) is 1.79.